The molecule has 0 aliphatic heterocycles. The smallest absolute Gasteiger partial charge is 0.234 e. The number of thioether (sulfide) groups is 1. The Morgan fingerprint density at radius 2 is 1.75 bits per heavy atom. The summed E-state index contributed by atoms with van der Waals surface area (Å²) in [4.78, 5) is 16.1. The number of rotatable bonds is 7. The highest BCUT2D eigenvalue weighted by Crippen LogP contribution is 2.32. The van der Waals surface area contributed by atoms with Crippen LogP contribution >= 0.6 is 23.4 Å². The van der Waals surface area contributed by atoms with Crippen LogP contribution in [0.3, 0.4) is 0 Å². The van der Waals surface area contributed by atoms with E-state index in [0.29, 0.717) is 21.7 Å². The quantitative estimate of drug-likeness (QED) is 0.276. The van der Waals surface area contributed by atoms with Gasteiger partial charge in [-0.05, 0) is 54.6 Å². The average molecular weight is 538 g/mol. The summed E-state index contributed by atoms with van der Waals surface area (Å²) in [6.45, 7) is 0. The molecule has 0 saturated heterocycles. The van der Waals surface area contributed by atoms with Crippen molar-refractivity contribution in [2.75, 3.05) is 17.3 Å². The molecule has 0 atom stereocenters. The number of fused-ring (bicyclic) bond motifs is 1. The lowest BCUT2D eigenvalue weighted by atomic mass is 10.1. The maximum atomic E-state index is 12.6. The second-order valence-corrected chi connectivity index (χ2v) is 11.4. The number of benzene rings is 3. The van der Waals surface area contributed by atoms with Crippen molar-refractivity contribution in [3.8, 4) is 17.1 Å². The molecule has 5 rings (SSSR count). The van der Waals surface area contributed by atoms with Crippen molar-refractivity contribution >= 4 is 55.7 Å². The highest BCUT2D eigenvalue weighted by molar-refractivity contribution is 7.99. The van der Waals surface area contributed by atoms with E-state index in [0.717, 1.165) is 28.4 Å². The fourth-order valence-corrected chi connectivity index (χ4v) is 5.24. The zero-order valence-electron chi connectivity index (χ0n) is 19.0. The van der Waals surface area contributed by atoms with Crippen LogP contribution < -0.4 is 5.32 Å². The first-order chi connectivity index (χ1) is 17.3. The molecule has 0 aliphatic rings. The molecule has 0 aliphatic carbocycles. The SMILES string of the molecule is CS(=O)(=O)c1ccc(NC(=O)CSc2nnc(-c3c[nH]c4ccccc34)n2-c2ccc(Cl)cc2)cc1. The van der Waals surface area contributed by atoms with Crippen molar-refractivity contribution in [2.24, 2.45) is 0 Å². The van der Waals surface area contributed by atoms with Gasteiger partial charge in [0.15, 0.2) is 20.8 Å². The molecule has 1 amide bonds. The van der Waals surface area contributed by atoms with Crippen LogP contribution in [0.4, 0.5) is 5.69 Å². The molecule has 0 saturated carbocycles. The van der Waals surface area contributed by atoms with E-state index in [1.807, 2.05) is 47.2 Å². The lowest BCUT2D eigenvalue weighted by Gasteiger charge is -2.10. The first kappa shape index (κ1) is 24.1. The predicted octanol–water partition coefficient (Wildman–Crippen LogP) is 5.20. The number of sulfone groups is 1. The zero-order valence-corrected chi connectivity index (χ0v) is 21.4. The van der Waals surface area contributed by atoms with Crippen molar-refractivity contribution < 1.29 is 13.2 Å². The number of carbonyl (C=O) groups excluding carboxylic acids is 1. The molecule has 0 radical (unpaired) electrons. The van der Waals surface area contributed by atoms with Gasteiger partial charge >= 0.3 is 0 Å². The number of aromatic nitrogens is 4. The Morgan fingerprint density at radius 1 is 1.03 bits per heavy atom. The summed E-state index contributed by atoms with van der Waals surface area (Å²) in [6, 6.07) is 21.3. The minimum Gasteiger partial charge on any atom is -0.360 e. The van der Waals surface area contributed by atoms with Gasteiger partial charge < -0.3 is 10.3 Å². The van der Waals surface area contributed by atoms with Crippen LogP contribution in [0.2, 0.25) is 5.02 Å². The van der Waals surface area contributed by atoms with Gasteiger partial charge in [0.05, 0.1) is 10.6 Å². The van der Waals surface area contributed by atoms with E-state index in [2.05, 4.69) is 20.5 Å². The van der Waals surface area contributed by atoms with Crippen molar-refractivity contribution in [1.29, 1.82) is 0 Å². The van der Waals surface area contributed by atoms with Gasteiger partial charge in [-0.25, -0.2) is 8.42 Å². The Balaban J connectivity index is 1.41. The normalized spacial score (nSPS) is 11.6. The summed E-state index contributed by atoms with van der Waals surface area (Å²) in [6.07, 6.45) is 3.03. The number of aromatic amines is 1. The molecule has 0 spiro atoms. The molecule has 5 aromatic rings. The van der Waals surface area contributed by atoms with Crippen LogP contribution in [0.25, 0.3) is 28.0 Å². The van der Waals surface area contributed by atoms with Crippen LogP contribution in [-0.4, -0.2) is 46.1 Å². The van der Waals surface area contributed by atoms with Crippen molar-refractivity contribution in [3.05, 3.63) is 84.0 Å². The largest absolute Gasteiger partial charge is 0.360 e. The average Bonchev–Trinajstić information content (AvgIpc) is 3.47. The van der Waals surface area contributed by atoms with E-state index in [-0.39, 0.29) is 16.6 Å². The number of anilines is 1. The standard InChI is InChI=1S/C25H20ClN5O3S2/c1-36(33,34)19-12-8-17(9-13-19)28-23(32)15-35-25-30-29-24(31(25)18-10-6-16(26)7-11-18)21-14-27-22-5-3-2-4-20(21)22/h2-14,27H,15H2,1H3,(H,28,32). The van der Waals surface area contributed by atoms with Gasteiger partial charge in [-0.3, -0.25) is 9.36 Å². The maximum Gasteiger partial charge on any atom is 0.234 e. The zero-order chi connectivity index (χ0) is 25.3. The van der Waals surface area contributed by atoms with Gasteiger partial charge in [-0.15, -0.1) is 10.2 Å². The van der Waals surface area contributed by atoms with E-state index >= 15 is 0 Å². The van der Waals surface area contributed by atoms with Crippen LogP contribution in [0.15, 0.2) is 89.0 Å². The molecule has 2 N–H and O–H groups in total. The fourth-order valence-electron chi connectivity index (χ4n) is 3.73. The molecule has 0 fully saturated rings. The highest BCUT2D eigenvalue weighted by atomic mass is 35.5. The minimum absolute atomic E-state index is 0.0768. The molecule has 36 heavy (non-hydrogen) atoms. The number of nitrogens with zero attached hydrogens (tertiary/aromatic N) is 3. The Hall–Kier alpha value is -3.60. The van der Waals surface area contributed by atoms with Gasteiger partial charge in [0.2, 0.25) is 5.91 Å². The third kappa shape index (κ3) is 5.01. The van der Waals surface area contributed by atoms with E-state index in [1.165, 1.54) is 23.9 Å². The number of para-hydroxylation sites is 1. The van der Waals surface area contributed by atoms with Crippen molar-refractivity contribution in [2.45, 2.75) is 10.1 Å². The number of hydrogen-bond acceptors (Lipinski definition) is 6. The van der Waals surface area contributed by atoms with Gasteiger partial charge in [0.1, 0.15) is 0 Å². The first-order valence-corrected chi connectivity index (χ1v) is 14.1. The molecule has 11 heteroatoms. The number of halogens is 1. The molecule has 3 aromatic carbocycles. The number of H-pyrrole nitrogens is 1. The van der Waals surface area contributed by atoms with Gasteiger partial charge in [0, 0.05) is 45.3 Å². The second kappa shape index (κ2) is 9.81. The summed E-state index contributed by atoms with van der Waals surface area (Å²) >= 11 is 7.35. The Morgan fingerprint density at radius 3 is 2.47 bits per heavy atom. The third-order valence-electron chi connectivity index (χ3n) is 5.45. The van der Waals surface area contributed by atoms with E-state index in [9.17, 15) is 13.2 Å². The fraction of sp³-hybridized carbons (Fsp3) is 0.0800. The Bertz CT molecular complexity index is 1660. The molecule has 0 bridgehead atoms. The number of carbonyl (C=O) groups is 1. The summed E-state index contributed by atoms with van der Waals surface area (Å²) in [5, 5.41) is 13.8. The molecule has 2 heterocycles. The first-order valence-electron chi connectivity index (χ1n) is 10.8. The number of hydrogen-bond donors (Lipinski definition) is 2. The monoisotopic (exact) mass is 537 g/mol. The molecule has 182 valence electrons. The highest BCUT2D eigenvalue weighted by Gasteiger charge is 2.20. The van der Waals surface area contributed by atoms with Crippen LogP contribution in [0.1, 0.15) is 0 Å². The molecule has 2 aromatic heterocycles. The van der Waals surface area contributed by atoms with E-state index in [4.69, 9.17) is 11.6 Å². The molecular weight excluding hydrogens is 518 g/mol. The summed E-state index contributed by atoms with van der Waals surface area (Å²) < 4.78 is 25.2. The lowest BCUT2D eigenvalue weighted by Crippen LogP contribution is -2.14. The predicted molar refractivity (Wildman–Crippen MR) is 143 cm³/mol. The number of amides is 1. The van der Waals surface area contributed by atoms with Gasteiger partial charge in [-0.1, -0.05) is 41.6 Å². The topological polar surface area (TPSA) is 110 Å². The van der Waals surface area contributed by atoms with Crippen LogP contribution in [0.5, 0.6) is 0 Å². The van der Waals surface area contributed by atoms with Crippen LogP contribution in [-0.2, 0) is 14.6 Å². The maximum absolute atomic E-state index is 12.6. The number of nitrogens with one attached hydrogen (secondary N) is 2. The van der Waals surface area contributed by atoms with Crippen molar-refractivity contribution in [3.63, 3.8) is 0 Å². The van der Waals surface area contributed by atoms with Crippen molar-refractivity contribution in [1.82, 2.24) is 19.7 Å². The molecule has 0 unspecified atom stereocenters. The second-order valence-electron chi connectivity index (χ2n) is 8.00. The summed E-state index contributed by atoms with van der Waals surface area (Å²) in [5.41, 5.74) is 3.18. The molecule has 8 nitrogen and oxygen atoms in total. The lowest BCUT2D eigenvalue weighted by molar-refractivity contribution is -0.113. The third-order valence-corrected chi connectivity index (χ3v) is 7.76. The summed E-state index contributed by atoms with van der Waals surface area (Å²) in [7, 11) is -3.30. The van der Waals surface area contributed by atoms with Crippen LogP contribution in [0, 0.1) is 0 Å². The summed E-state index contributed by atoms with van der Waals surface area (Å²) in [5.74, 6) is 0.452. The molecular formula is C25H20ClN5O3S2. The van der Waals surface area contributed by atoms with E-state index in [1.54, 1.807) is 24.3 Å². The van der Waals surface area contributed by atoms with Gasteiger partial charge in [0.25, 0.3) is 0 Å². The Kier molecular flexibility index (Phi) is 6.57. The van der Waals surface area contributed by atoms with Gasteiger partial charge in [-0.2, -0.15) is 0 Å². The minimum atomic E-state index is -3.30. The van der Waals surface area contributed by atoms with E-state index < -0.39 is 9.84 Å². The Labute approximate surface area is 216 Å².